The minimum Gasteiger partial charge on any atom is -0.465 e. The van der Waals surface area contributed by atoms with Crippen LogP contribution in [0.3, 0.4) is 0 Å². The predicted octanol–water partition coefficient (Wildman–Crippen LogP) is 1.50. The molecule has 13 heavy (non-hydrogen) atoms. The average molecular weight is 208 g/mol. The number of carbonyl (C=O) groups excluding carboxylic acids is 1. The van der Waals surface area contributed by atoms with Crippen molar-refractivity contribution in [3.8, 4) is 0 Å². The first-order valence-corrected chi connectivity index (χ1v) is 4.31. The van der Waals surface area contributed by atoms with Crippen molar-refractivity contribution in [2.75, 3.05) is 13.2 Å². The first-order chi connectivity index (χ1) is 6.11. The highest BCUT2D eigenvalue weighted by Gasteiger charge is 2.29. The average Bonchev–Trinajstić information content (AvgIpc) is 2.47. The van der Waals surface area contributed by atoms with Gasteiger partial charge in [0.1, 0.15) is 6.61 Å². The first-order valence-electron chi connectivity index (χ1n) is 3.93. The van der Waals surface area contributed by atoms with Gasteiger partial charge in [-0.2, -0.15) is 0 Å². The van der Waals surface area contributed by atoms with E-state index in [1.807, 2.05) is 0 Å². The van der Waals surface area contributed by atoms with E-state index < -0.39 is 11.5 Å². The third kappa shape index (κ3) is 2.77. The summed E-state index contributed by atoms with van der Waals surface area (Å²) < 4.78 is 4.53. The molecule has 6 heteroatoms. The molecule has 0 spiro atoms. The van der Waals surface area contributed by atoms with E-state index in [9.17, 15) is 9.59 Å². The number of carboxylic acid groups (broad SMARTS) is 1. The number of likely N-dealkylation sites (tertiary alicyclic amines) is 1. The Morgan fingerprint density at radius 1 is 1.62 bits per heavy atom. The molecule has 1 fully saturated rings. The molecule has 1 rings (SSSR count). The summed E-state index contributed by atoms with van der Waals surface area (Å²) in [5, 5.41) is 8.70. The molecule has 0 bridgehead atoms. The van der Waals surface area contributed by atoms with Gasteiger partial charge < -0.3 is 14.7 Å². The summed E-state index contributed by atoms with van der Waals surface area (Å²) in [7, 11) is 0. The molecule has 5 nitrogen and oxygen atoms in total. The summed E-state index contributed by atoms with van der Waals surface area (Å²) in [5.41, 5.74) is -0.891. The highest BCUT2D eigenvalue weighted by atomic mass is 35.5. The van der Waals surface area contributed by atoms with Crippen molar-refractivity contribution in [1.29, 1.82) is 0 Å². The monoisotopic (exact) mass is 207 g/mol. The van der Waals surface area contributed by atoms with E-state index in [1.165, 1.54) is 4.90 Å². The molecule has 0 saturated carbocycles. The fourth-order valence-corrected chi connectivity index (χ4v) is 1.49. The van der Waals surface area contributed by atoms with E-state index >= 15 is 0 Å². The number of amides is 1. The summed E-state index contributed by atoms with van der Waals surface area (Å²) in [6, 6.07) is -0.236. The normalized spacial score (nSPS) is 21.6. The zero-order valence-corrected chi connectivity index (χ0v) is 7.66. The highest BCUT2D eigenvalue weighted by Crippen LogP contribution is 2.17. The van der Waals surface area contributed by atoms with Crippen molar-refractivity contribution in [1.82, 2.24) is 4.90 Å². The van der Waals surface area contributed by atoms with Crippen molar-refractivity contribution in [3.05, 3.63) is 0 Å². The lowest BCUT2D eigenvalue weighted by molar-refractivity contribution is 0.107. The maximum absolute atomic E-state index is 10.6. The Labute approximate surface area is 80.2 Å². The van der Waals surface area contributed by atoms with Crippen LogP contribution < -0.4 is 0 Å². The second-order valence-corrected chi connectivity index (χ2v) is 3.13. The van der Waals surface area contributed by atoms with E-state index in [2.05, 4.69) is 4.74 Å². The van der Waals surface area contributed by atoms with Gasteiger partial charge in [-0.05, 0) is 12.8 Å². The molecule has 0 aliphatic carbocycles. The third-order valence-corrected chi connectivity index (χ3v) is 2.12. The molecule has 1 aliphatic heterocycles. The Morgan fingerprint density at radius 3 is 2.85 bits per heavy atom. The lowest BCUT2D eigenvalue weighted by Crippen LogP contribution is -2.37. The van der Waals surface area contributed by atoms with Crippen LogP contribution in [0.5, 0.6) is 0 Å². The van der Waals surface area contributed by atoms with E-state index in [0.717, 1.165) is 12.8 Å². The number of hydrogen-bond acceptors (Lipinski definition) is 3. The lowest BCUT2D eigenvalue weighted by atomic mass is 10.2. The Kier molecular flexibility index (Phi) is 3.36. The van der Waals surface area contributed by atoms with E-state index in [4.69, 9.17) is 16.7 Å². The molecule has 0 aromatic heterocycles. The van der Waals surface area contributed by atoms with Crippen LogP contribution in [0, 0.1) is 0 Å². The van der Waals surface area contributed by atoms with Crippen LogP contribution >= 0.6 is 11.6 Å². The molecule has 74 valence electrons. The van der Waals surface area contributed by atoms with Gasteiger partial charge in [0.05, 0.1) is 6.04 Å². The maximum atomic E-state index is 10.6. The third-order valence-electron chi connectivity index (χ3n) is 2.01. The van der Waals surface area contributed by atoms with Crippen LogP contribution in [0.2, 0.25) is 0 Å². The van der Waals surface area contributed by atoms with Crippen LogP contribution in [-0.4, -0.2) is 40.7 Å². The second-order valence-electron chi connectivity index (χ2n) is 2.82. The fourth-order valence-electron chi connectivity index (χ4n) is 1.42. The molecule has 1 aliphatic rings. The quantitative estimate of drug-likeness (QED) is 0.697. The van der Waals surface area contributed by atoms with Crippen LogP contribution in [0.4, 0.5) is 9.59 Å². The predicted molar refractivity (Wildman–Crippen MR) is 45.0 cm³/mol. The van der Waals surface area contributed by atoms with E-state index in [1.54, 1.807) is 0 Å². The van der Waals surface area contributed by atoms with Gasteiger partial charge in [0.25, 0.3) is 0 Å². The fraction of sp³-hybridized carbons (Fsp3) is 0.714. The van der Waals surface area contributed by atoms with Crippen LogP contribution in [0.25, 0.3) is 0 Å². The van der Waals surface area contributed by atoms with E-state index in [0.29, 0.717) is 6.54 Å². The SMILES string of the molecule is O=C(Cl)OCC1CCCN1C(=O)O. The summed E-state index contributed by atoms with van der Waals surface area (Å²) in [5.74, 6) is 0. The van der Waals surface area contributed by atoms with Gasteiger partial charge in [-0.1, -0.05) is 0 Å². The van der Waals surface area contributed by atoms with E-state index in [-0.39, 0.29) is 12.6 Å². The molecule has 0 radical (unpaired) electrons. The van der Waals surface area contributed by atoms with Gasteiger partial charge in [-0.3, -0.25) is 0 Å². The number of nitrogens with zero attached hydrogens (tertiary/aromatic N) is 1. The van der Waals surface area contributed by atoms with Gasteiger partial charge in [-0.25, -0.2) is 9.59 Å². The standard InChI is InChI=1S/C7H10ClNO4/c8-6(10)13-4-5-2-1-3-9(5)7(11)12/h5H,1-4H2,(H,11,12). The summed E-state index contributed by atoms with van der Waals surface area (Å²) in [4.78, 5) is 22.1. The van der Waals surface area contributed by atoms with Gasteiger partial charge in [0.15, 0.2) is 0 Å². The molecule has 0 aromatic rings. The van der Waals surface area contributed by atoms with Gasteiger partial charge in [-0.15, -0.1) is 0 Å². The number of hydrogen-bond donors (Lipinski definition) is 1. The zero-order chi connectivity index (χ0) is 9.84. The lowest BCUT2D eigenvalue weighted by Gasteiger charge is -2.20. The van der Waals surface area contributed by atoms with Crippen molar-refractivity contribution in [2.45, 2.75) is 18.9 Å². The van der Waals surface area contributed by atoms with Crippen LogP contribution in [-0.2, 0) is 4.74 Å². The second kappa shape index (κ2) is 4.32. The Hall–Kier alpha value is -0.970. The summed E-state index contributed by atoms with van der Waals surface area (Å²) in [6.45, 7) is 0.550. The van der Waals surface area contributed by atoms with Crippen molar-refractivity contribution >= 4 is 23.1 Å². The molecule has 1 N–H and O–H groups in total. The topological polar surface area (TPSA) is 66.8 Å². The van der Waals surface area contributed by atoms with Crippen LogP contribution in [0.15, 0.2) is 0 Å². The number of carbonyl (C=O) groups is 2. The zero-order valence-electron chi connectivity index (χ0n) is 6.90. The molecule has 0 aromatic carbocycles. The Bertz CT molecular complexity index is 221. The summed E-state index contributed by atoms with van der Waals surface area (Å²) in [6.07, 6.45) is 0.543. The van der Waals surface area contributed by atoms with Crippen molar-refractivity contribution in [3.63, 3.8) is 0 Å². The smallest absolute Gasteiger partial charge is 0.407 e. The Balaban J connectivity index is 2.39. The molecule has 1 unspecified atom stereocenters. The highest BCUT2D eigenvalue weighted by molar-refractivity contribution is 6.61. The maximum Gasteiger partial charge on any atom is 0.407 e. The molecule has 1 amide bonds. The summed E-state index contributed by atoms with van der Waals surface area (Å²) >= 11 is 4.96. The first kappa shape index (κ1) is 10.1. The minimum atomic E-state index is -0.979. The molecule has 1 heterocycles. The number of rotatable bonds is 2. The van der Waals surface area contributed by atoms with Crippen molar-refractivity contribution in [2.24, 2.45) is 0 Å². The molecule has 1 atom stereocenters. The minimum absolute atomic E-state index is 0.0502. The van der Waals surface area contributed by atoms with Gasteiger partial charge in [0.2, 0.25) is 0 Å². The van der Waals surface area contributed by atoms with Crippen molar-refractivity contribution < 1.29 is 19.4 Å². The van der Waals surface area contributed by atoms with Gasteiger partial charge >= 0.3 is 11.5 Å². The number of halogens is 1. The largest absolute Gasteiger partial charge is 0.465 e. The van der Waals surface area contributed by atoms with Crippen LogP contribution in [0.1, 0.15) is 12.8 Å². The van der Waals surface area contributed by atoms with Gasteiger partial charge in [0, 0.05) is 18.1 Å². The molecular formula is C7H10ClNO4. The molecular weight excluding hydrogens is 198 g/mol. The molecule has 1 saturated heterocycles. The Morgan fingerprint density at radius 2 is 2.31 bits per heavy atom. The number of ether oxygens (including phenoxy) is 1.